The van der Waals surface area contributed by atoms with Crippen molar-refractivity contribution in [3.05, 3.63) is 23.9 Å². The van der Waals surface area contributed by atoms with Gasteiger partial charge in [-0.1, -0.05) is 26.8 Å². The quantitative estimate of drug-likeness (QED) is 0.902. The summed E-state index contributed by atoms with van der Waals surface area (Å²) in [6.07, 6.45) is 1.94. The van der Waals surface area contributed by atoms with Crippen LogP contribution in [-0.2, 0) is 14.8 Å². The smallest absolute Gasteiger partial charge is 0.273 e. The van der Waals surface area contributed by atoms with E-state index in [9.17, 15) is 13.2 Å². The minimum Gasteiger partial charge on any atom is -0.273 e. The number of carbonyl (C=O) groups is 1. The minimum absolute atomic E-state index is 0.106. The number of hydrogen-bond donors (Lipinski definition) is 1. The molecule has 6 heteroatoms. The van der Waals surface area contributed by atoms with E-state index in [4.69, 9.17) is 0 Å². The molecule has 0 spiro atoms. The van der Waals surface area contributed by atoms with Gasteiger partial charge in [0.15, 0.2) is 5.03 Å². The number of pyridine rings is 1. The summed E-state index contributed by atoms with van der Waals surface area (Å²) in [6, 6.07) is 3.28. The van der Waals surface area contributed by atoms with E-state index in [2.05, 4.69) is 9.71 Å². The molecule has 1 heterocycles. The molecule has 18 heavy (non-hydrogen) atoms. The lowest BCUT2D eigenvalue weighted by atomic mass is 9.90. The van der Waals surface area contributed by atoms with Crippen LogP contribution in [0.25, 0.3) is 0 Å². The van der Waals surface area contributed by atoms with E-state index < -0.39 is 21.3 Å². The van der Waals surface area contributed by atoms with Crippen molar-refractivity contribution in [3.8, 4) is 0 Å². The van der Waals surface area contributed by atoms with Crippen LogP contribution in [0.3, 0.4) is 0 Å². The van der Waals surface area contributed by atoms with Crippen LogP contribution < -0.4 is 4.72 Å². The third-order valence-electron chi connectivity index (χ3n) is 2.94. The fourth-order valence-electron chi connectivity index (χ4n) is 1.22. The Morgan fingerprint density at radius 2 is 2.06 bits per heavy atom. The number of amides is 1. The van der Waals surface area contributed by atoms with Gasteiger partial charge in [-0.2, -0.15) is 8.42 Å². The number of nitrogens with zero attached hydrogens (tertiary/aromatic N) is 1. The van der Waals surface area contributed by atoms with Gasteiger partial charge >= 0.3 is 0 Å². The van der Waals surface area contributed by atoms with E-state index in [1.54, 1.807) is 32.9 Å². The first kappa shape index (κ1) is 14.6. The number of nitrogens with one attached hydrogen (secondary N) is 1. The van der Waals surface area contributed by atoms with Gasteiger partial charge in [-0.15, -0.1) is 0 Å². The lowest BCUT2D eigenvalue weighted by Gasteiger charge is -2.21. The van der Waals surface area contributed by atoms with Crippen molar-refractivity contribution >= 4 is 15.9 Å². The number of sulfonamides is 1. The maximum absolute atomic E-state index is 12.0. The predicted octanol–water partition coefficient (Wildman–Crippen LogP) is 1.63. The van der Waals surface area contributed by atoms with Gasteiger partial charge in [-0.3, -0.25) is 4.79 Å². The van der Waals surface area contributed by atoms with Gasteiger partial charge < -0.3 is 0 Å². The highest BCUT2D eigenvalue weighted by Crippen LogP contribution is 2.21. The summed E-state index contributed by atoms with van der Waals surface area (Å²) in [5, 5.41) is -0.106. The molecule has 0 aromatic carbocycles. The Morgan fingerprint density at radius 1 is 1.44 bits per heavy atom. The fraction of sp³-hybridized carbons (Fsp3) is 0.500. The molecule has 0 saturated heterocycles. The van der Waals surface area contributed by atoms with Crippen LogP contribution in [0.2, 0.25) is 0 Å². The van der Waals surface area contributed by atoms with Crippen molar-refractivity contribution in [1.29, 1.82) is 0 Å². The van der Waals surface area contributed by atoms with Crippen molar-refractivity contribution in [2.75, 3.05) is 0 Å². The number of carbonyl (C=O) groups excluding carboxylic acids is 1. The van der Waals surface area contributed by atoms with Gasteiger partial charge in [0.1, 0.15) is 0 Å². The SMILES string of the molecule is CCC(C)(C)C(=O)NS(=O)(=O)c1ncccc1C. The standard InChI is InChI=1S/C12H18N2O3S/c1-5-12(3,4)11(15)14-18(16,17)10-9(2)7-6-8-13-10/h6-8H,5H2,1-4H3,(H,14,15). The normalized spacial score (nSPS) is 12.2. The van der Waals surface area contributed by atoms with E-state index >= 15 is 0 Å². The first-order chi connectivity index (χ1) is 8.20. The van der Waals surface area contributed by atoms with E-state index in [1.807, 2.05) is 6.92 Å². The Hall–Kier alpha value is -1.43. The zero-order valence-corrected chi connectivity index (χ0v) is 11.8. The molecule has 0 fully saturated rings. The molecule has 0 saturated carbocycles. The first-order valence-corrected chi connectivity index (χ1v) is 7.18. The summed E-state index contributed by atoms with van der Waals surface area (Å²) >= 11 is 0. The van der Waals surface area contributed by atoms with E-state index in [0.29, 0.717) is 12.0 Å². The molecule has 1 N–H and O–H groups in total. The van der Waals surface area contributed by atoms with E-state index in [-0.39, 0.29) is 5.03 Å². The fourth-order valence-corrected chi connectivity index (χ4v) is 2.53. The molecule has 0 bridgehead atoms. The van der Waals surface area contributed by atoms with Crippen molar-refractivity contribution in [1.82, 2.24) is 9.71 Å². The molecule has 0 atom stereocenters. The second kappa shape index (κ2) is 5.06. The molecule has 0 aliphatic carbocycles. The summed E-state index contributed by atoms with van der Waals surface area (Å²) in [5.74, 6) is -0.518. The van der Waals surface area contributed by atoms with E-state index in [1.165, 1.54) is 6.20 Å². The third-order valence-corrected chi connectivity index (χ3v) is 4.33. The topological polar surface area (TPSA) is 76.1 Å². The van der Waals surface area contributed by atoms with Crippen molar-refractivity contribution in [3.63, 3.8) is 0 Å². The van der Waals surface area contributed by atoms with Crippen molar-refractivity contribution < 1.29 is 13.2 Å². The Labute approximate surface area is 108 Å². The zero-order chi connectivity index (χ0) is 14.0. The monoisotopic (exact) mass is 270 g/mol. The minimum atomic E-state index is -3.89. The predicted molar refractivity (Wildman–Crippen MR) is 68.4 cm³/mol. The highest BCUT2D eigenvalue weighted by molar-refractivity contribution is 7.90. The highest BCUT2D eigenvalue weighted by atomic mass is 32.2. The molecule has 0 unspecified atom stereocenters. The highest BCUT2D eigenvalue weighted by Gasteiger charge is 2.30. The Bertz CT molecular complexity index is 550. The van der Waals surface area contributed by atoms with Crippen LogP contribution in [0.1, 0.15) is 32.8 Å². The Kier molecular flexibility index (Phi) is 4.11. The molecule has 0 aliphatic heterocycles. The average Bonchev–Trinajstić information content (AvgIpc) is 2.28. The van der Waals surface area contributed by atoms with Crippen molar-refractivity contribution in [2.45, 2.75) is 39.1 Å². The van der Waals surface area contributed by atoms with Crippen LogP contribution in [0.4, 0.5) is 0 Å². The van der Waals surface area contributed by atoms with Crippen LogP contribution in [0.5, 0.6) is 0 Å². The van der Waals surface area contributed by atoms with Crippen LogP contribution >= 0.6 is 0 Å². The molecular formula is C12H18N2O3S. The molecule has 100 valence electrons. The lowest BCUT2D eigenvalue weighted by molar-refractivity contribution is -0.127. The van der Waals surface area contributed by atoms with Gasteiger partial charge in [-0.25, -0.2) is 9.71 Å². The van der Waals surface area contributed by atoms with E-state index in [0.717, 1.165) is 0 Å². The third kappa shape index (κ3) is 3.07. The van der Waals surface area contributed by atoms with Gasteiger partial charge in [0.2, 0.25) is 5.91 Å². The van der Waals surface area contributed by atoms with Crippen molar-refractivity contribution in [2.24, 2.45) is 5.41 Å². The molecule has 5 nitrogen and oxygen atoms in total. The van der Waals surface area contributed by atoms with Gasteiger partial charge in [-0.05, 0) is 25.0 Å². The summed E-state index contributed by atoms with van der Waals surface area (Å²) in [7, 11) is -3.89. The molecule has 1 aromatic rings. The summed E-state index contributed by atoms with van der Waals surface area (Å²) in [5.41, 5.74) is -0.220. The molecule has 1 amide bonds. The van der Waals surface area contributed by atoms with Crippen LogP contribution in [-0.4, -0.2) is 19.3 Å². The van der Waals surface area contributed by atoms with Crippen LogP contribution in [0, 0.1) is 12.3 Å². The Balaban J connectivity index is 3.05. The van der Waals surface area contributed by atoms with Gasteiger partial charge in [0.05, 0.1) is 0 Å². The number of hydrogen-bond acceptors (Lipinski definition) is 4. The average molecular weight is 270 g/mol. The molecule has 0 radical (unpaired) electrons. The maximum atomic E-state index is 12.0. The summed E-state index contributed by atoms with van der Waals surface area (Å²) in [6.45, 7) is 6.86. The second-order valence-electron chi connectivity index (χ2n) is 4.80. The van der Waals surface area contributed by atoms with Crippen LogP contribution in [0.15, 0.2) is 23.4 Å². The Morgan fingerprint density at radius 3 is 2.56 bits per heavy atom. The number of rotatable bonds is 4. The summed E-state index contributed by atoms with van der Waals surface area (Å²) < 4.78 is 26.1. The zero-order valence-electron chi connectivity index (χ0n) is 11.0. The number of aryl methyl sites for hydroxylation is 1. The molecular weight excluding hydrogens is 252 g/mol. The molecule has 0 aliphatic rings. The largest absolute Gasteiger partial charge is 0.281 e. The number of aromatic nitrogens is 1. The van der Waals surface area contributed by atoms with Gasteiger partial charge in [0, 0.05) is 11.6 Å². The second-order valence-corrected chi connectivity index (χ2v) is 6.40. The maximum Gasteiger partial charge on any atom is 0.281 e. The van der Waals surface area contributed by atoms with Gasteiger partial charge in [0.25, 0.3) is 10.0 Å². The lowest BCUT2D eigenvalue weighted by Crippen LogP contribution is -2.40. The molecule has 1 rings (SSSR count). The molecule has 1 aromatic heterocycles. The summed E-state index contributed by atoms with van der Waals surface area (Å²) in [4.78, 5) is 15.7. The first-order valence-electron chi connectivity index (χ1n) is 5.69.